The summed E-state index contributed by atoms with van der Waals surface area (Å²) >= 11 is 0. The summed E-state index contributed by atoms with van der Waals surface area (Å²) < 4.78 is 4.89. The van der Waals surface area contributed by atoms with Gasteiger partial charge in [-0.05, 0) is 23.6 Å². The van der Waals surface area contributed by atoms with Crippen LogP contribution in [0.2, 0.25) is 0 Å². The number of amides is 1. The third-order valence-electron chi connectivity index (χ3n) is 3.21. The Balaban J connectivity index is 2.35. The number of carbonyl (C=O) groups is 1. The summed E-state index contributed by atoms with van der Waals surface area (Å²) in [6.07, 6.45) is 0. The molecule has 1 atom stereocenters. The van der Waals surface area contributed by atoms with E-state index in [9.17, 15) is 4.79 Å². The van der Waals surface area contributed by atoms with E-state index in [4.69, 9.17) is 4.74 Å². The normalized spacial score (nSPS) is 11.9. The SMILES string of the molecule is COCC(=O)N[C@@H](c1ccccc1)c1ccccc1C. The lowest BCUT2D eigenvalue weighted by Gasteiger charge is -2.21. The number of ether oxygens (including phenoxy) is 1. The van der Waals surface area contributed by atoms with Crippen molar-refractivity contribution in [2.45, 2.75) is 13.0 Å². The average molecular weight is 269 g/mol. The van der Waals surface area contributed by atoms with Crippen LogP contribution >= 0.6 is 0 Å². The molecule has 1 N–H and O–H groups in total. The fourth-order valence-corrected chi connectivity index (χ4v) is 2.23. The van der Waals surface area contributed by atoms with E-state index in [-0.39, 0.29) is 18.6 Å². The molecule has 0 saturated heterocycles. The van der Waals surface area contributed by atoms with E-state index in [1.54, 1.807) is 0 Å². The minimum Gasteiger partial charge on any atom is -0.375 e. The highest BCUT2D eigenvalue weighted by Crippen LogP contribution is 2.24. The van der Waals surface area contributed by atoms with Crippen LogP contribution in [0.25, 0.3) is 0 Å². The number of methoxy groups -OCH3 is 1. The summed E-state index contributed by atoms with van der Waals surface area (Å²) in [5, 5.41) is 3.03. The number of nitrogens with one attached hydrogen (secondary N) is 1. The van der Waals surface area contributed by atoms with Gasteiger partial charge >= 0.3 is 0 Å². The fourth-order valence-electron chi connectivity index (χ4n) is 2.23. The topological polar surface area (TPSA) is 38.3 Å². The lowest BCUT2D eigenvalue weighted by atomic mass is 9.95. The quantitative estimate of drug-likeness (QED) is 0.906. The zero-order valence-corrected chi connectivity index (χ0v) is 11.8. The van der Waals surface area contributed by atoms with E-state index in [1.165, 1.54) is 7.11 Å². The molecular formula is C17H19NO2. The average Bonchev–Trinajstić information content (AvgIpc) is 2.47. The lowest BCUT2D eigenvalue weighted by Crippen LogP contribution is -2.32. The van der Waals surface area contributed by atoms with Crippen LogP contribution < -0.4 is 5.32 Å². The van der Waals surface area contributed by atoms with Gasteiger partial charge in [-0.3, -0.25) is 4.79 Å². The van der Waals surface area contributed by atoms with Crippen LogP contribution in [0.4, 0.5) is 0 Å². The second-order valence-electron chi connectivity index (χ2n) is 4.70. The molecule has 20 heavy (non-hydrogen) atoms. The van der Waals surface area contributed by atoms with Gasteiger partial charge in [0.1, 0.15) is 6.61 Å². The van der Waals surface area contributed by atoms with Gasteiger partial charge < -0.3 is 10.1 Å². The number of hydrogen-bond donors (Lipinski definition) is 1. The summed E-state index contributed by atoms with van der Waals surface area (Å²) in [4.78, 5) is 11.9. The molecule has 2 aromatic carbocycles. The third kappa shape index (κ3) is 3.45. The van der Waals surface area contributed by atoms with Crippen molar-refractivity contribution in [2.75, 3.05) is 13.7 Å². The molecule has 0 radical (unpaired) electrons. The predicted molar refractivity (Wildman–Crippen MR) is 79.5 cm³/mol. The van der Waals surface area contributed by atoms with Crippen LogP contribution in [-0.4, -0.2) is 19.6 Å². The lowest BCUT2D eigenvalue weighted by molar-refractivity contribution is -0.125. The smallest absolute Gasteiger partial charge is 0.246 e. The fraction of sp³-hybridized carbons (Fsp3) is 0.235. The Labute approximate surface area is 119 Å². The standard InChI is InChI=1S/C17H19NO2/c1-13-8-6-7-11-15(13)17(18-16(19)12-20-2)14-9-4-3-5-10-14/h3-11,17H,12H2,1-2H3,(H,18,19)/t17-/m0/s1. The summed E-state index contributed by atoms with van der Waals surface area (Å²) in [5.74, 6) is -0.121. The second kappa shape index (κ2) is 6.87. The Hall–Kier alpha value is -2.13. The molecule has 0 aliphatic rings. The van der Waals surface area contributed by atoms with Gasteiger partial charge in [0.2, 0.25) is 5.91 Å². The van der Waals surface area contributed by atoms with E-state index in [2.05, 4.69) is 5.32 Å². The third-order valence-corrected chi connectivity index (χ3v) is 3.21. The predicted octanol–water partition coefficient (Wildman–Crippen LogP) is 2.85. The van der Waals surface area contributed by atoms with Gasteiger partial charge in [-0.1, -0.05) is 54.6 Å². The van der Waals surface area contributed by atoms with Gasteiger partial charge in [-0.25, -0.2) is 0 Å². The molecule has 0 unspecified atom stereocenters. The molecule has 0 saturated carbocycles. The molecule has 104 valence electrons. The summed E-state index contributed by atoms with van der Waals surface area (Å²) in [6, 6.07) is 17.9. The van der Waals surface area contributed by atoms with E-state index < -0.39 is 0 Å². The van der Waals surface area contributed by atoms with Crippen LogP contribution in [0.3, 0.4) is 0 Å². The molecule has 0 aliphatic heterocycles. The minimum absolute atomic E-state index is 0.0647. The van der Waals surface area contributed by atoms with Crippen molar-refractivity contribution in [1.29, 1.82) is 0 Å². The van der Waals surface area contributed by atoms with Crippen LogP contribution in [0.1, 0.15) is 22.7 Å². The molecule has 2 aromatic rings. The van der Waals surface area contributed by atoms with Crippen molar-refractivity contribution in [2.24, 2.45) is 0 Å². The summed E-state index contributed by atoms with van der Waals surface area (Å²) in [5.41, 5.74) is 3.31. The first kappa shape index (κ1) is 14.3. The molecule has 1 amide bonds. The first-order valence-corrected chi connectivity index (χ1v) is 6.61. The van der Waals surface area contributed by atoms with Gasteiger partial charge in [0.05, 0.1) is 6.04 Å². The van der Waals surface area contributed by atoms with Gasteiger partial charge in [0, 0.05) is 7.11 Å². The number of carbonyl (C=O) groups excluding carboxylic acids is 1. The van der Waals surface area contributed by atoms with Crippen molar-refractivity contribution in [3.8, 4) is 0 Å². The number of rotatable bonds is 5. The van der Waals surface area contributed by atoms with Crippen molar-refractivity contribution < 1.29 is 9.53 Å². The molecule has 0 aromatic heterocycles. The first-order chi connectivity index (χ1) is 9.72. The highest BCUT2D eigenvalue weighted by atomic mass is 16.5. The summed E-state index contributed by atoms with van der Waals surface area (Å²) in [6.45, 7) is 2.11. The second-order valence-corrected chi connectivity index (χ2v) is 4.70. The molecule has 0 fully saturated rings. The number of benzene rings is 2. The minimum atomic E-state index is -0.153. The van der Waals surface area contributed by atoms with Gasteiger partial charge in [0.15, 0.2) is 0 Å². The Morgan fingerprint density at radius 2 is 1.75 bits per heavy atom. The van der Waals surface area contributed by atoms with E-state index in [0.717, 1.165) is 16.7 Å². The van der Waals surface area contributed by atoms with Crippen molar-refractivity contribution >= 4 is 5.91 Å². The van der Waals surface area contributed by atoms with E-state index >= 15 is 0 Å². The highest BCUT2D eigenvalue weighted by molar-refractivity contribution is 5.78. The molecule has 0 heterocycles. The molecule has 0 bridgehead atoms. The van der Waals surface area contributed by atoms with Gasteiger partial charge in [-0.15, -0.1) is 0 Å². The maximum atomic E-state index is 11.9. The van der Waals surface area contributed by atoms with Crippen molar-refractivity contribution in [1.82, 2.24) is 5.32 Å². The maximum absolute atomic E-state index is 11.9. The highest BCUT2D eigenvalue weighted by Gasteiger charge is 2.17. The largest absolute Gasteiger partial charge is 0.375 e. The molecule has 3 nitrogen and oxygen atoms in total. The van der Waals surface area contributed by atoms with Crippen LogP contribution in [0.5, 0.6) is 0 Å². The monoisotopic (exact) mass is 269 g/mol. The number of hydrogen-bond acceptors (Lipinski definition) is 2. The Morgan fingerprint density at radius 1 is 1.10 bits per heavy atom. The molecule has 3 heteroatoms. The zero-order valence-electron chi connectivity index (χ0n) is 11.8. The van der Waals surface area contributed by atoms with Gasteiger partial charge in [-0.2, -0.15) is 0 Å². The van der Waals surface area contributed by atoms with Crippen LogP contribution in [0.15, 0.2) is 54.6 Å². The molecule has 0 spiro atoms. The first-order valence-electron chi connectivity index (χ1n) is 6.61. The van der Waals surface area contributed by atoms with Crippen LogP contribution in [0, 0.1) is 6.92 Å². The Morgan fingerprint density at radius 3 is 2.40 bits per heavy atom. The molecule has 0 aliphatic carbocycles. The van der Waals surface area contributed by atoms with E-state index in [0.29, 0.717) is 0 Å². The maximum Gasteiger partial charge on any atom is 0.246 e. The molecule has 2 rings (SSSR count). The van der Waals surface area contributed by atoms with Crippen molar-refractivity contribution in [3.05, 3.63) is 71.3 Å². The zero-order chi connectivity index (χ0) is 14.4. The Bertz CT molecular complexity index is 566. The van der Waals surface area contributed by atoms with Gasteiger partial charge in [0.25, 0.3) is 0 Å². The molecular weight excluding hydrogens is 250 g/mol. The van der Waals surface area contributed by atoms with E-state index in [1.807, 2.05) is 61.5 Å². The Kier molecular flexibility index (Phi) is 4.91. The number of aryl methyl sites for hydroxylation is 1. The van der Waals surface area contributed by atoms with Crippen LogP contribution in [-0.2, 0) is 9.53 Å². The summed E-state index contributed by atoms with van der Waals surface area (Å²) in [7, 11) is 1.52. The van der Waals surface area contributed by atoms with Crippen molar-refractivity contribution in [3.63, 3.8) is 0 Å².